The van der Waals surface area contributed by atoms with E-state index in [-0.39, 0.29) is 12.1 Å². The number of rotatable bonds is 6. The third-order valence-corrected chi connectivity index (χ3v) is 3.79. The van der Waals surface area contributed by atoms with Crippen molar-refractivity contribution in [1.29, 1.82) is 0 Å². The van der Waals surface area contributed by atoms with Crippen molar-refractivity contribution >= 4 is 23.8 Å². The van der Waals surface area contributed by atoms with Crippen molar-refractivity contribution < 1.29 is 14.7 Å². The highest BCUT2D eigenvalue weighted by Crippen LogP contribution is 2.23. The smallest absolute Gasteiger partial charge is 0.326 e. The average molecular weight is 260 g/mol. The summed E-state index contributed by atoms with van der Waals surface area (Å²) in [5.74, 6) is -0.237. The first-order valence-corrected chi connectivity index (χ1v) is 7.20. The highest BCUT2D eigenvalue weighted by atomic mass is 32.2. The van der Waals surface area contributed by atoms with Gasteiger partial charge in [-0.05, 0) is 37.7 Å². The van der Waals surface area contributed by atoms with Crippen LogP contribution in [0.1, 0.15) is 25.7 Å². The van der Waals surface area contributed by atoms with Gasteiger partial charge < -0.3 is 15.3 Å². The zero-order valence-electron chi connectivity index (χ0n) is 10.3. The molecule has 98 valence electrons. The minimum absolute atomic E-state index is 0.275. The van der Waals surface area contributed by atoms with Gasteiger partial charge in [0.25, 0.3) is 0 Å². The van der Waals surface area contributed by atoms with Crippen molar-refractivity contribution in [2.45, 2.75) is 37.8 Å². The van der Waals surface area contributed by atoms with Crippen molar-refractivity contribution in [3.63, 3.8) is 0 Å². The fourth-order valence-electron chi connectivity index (χ4n) is 1.68. The van der Waals surface area contributed by atoms with Gasteiger partial charge in [-0.25, -0.2) is 9.59 Å². The van der Waals surface area contributed by atoms with Crippen LogP contribution < -0.4 is 5.32 Å². The van der Waals surface area contributed by atoms with Crippen LogP contribution >= 0.6 is 11.8 Å². The molecular weight excluding hydrogens is 240 g/mol. The number of nitrogens with one attached hydrogen (secondary N) is 1. The predicted molar refractivity (Wildman–Crippen MR) is 68.4 cm³/mol. The highest BCUT2D eigenvalue weighted by Gasteiger charge is 2.28. The summed E-state index contributed by atoms with van der Waals surface area (Å²) >= 11 is 1.58. The number of hydrogen-bond donors (Lipinski definition) is 2. The van der Waals surface area contributed by atoms with Crippen molar-refractivity contribution in [1.82, 2.24) is 10.2 Å². The average Bonchev–Trinajstić information content (AvgIpc) is 2.20. The molecule has 0 saturated heterocycles. The lowest BCUT2D eigenvalue weighted by Crippen LogP contribution is -2.51. The van der Waals surface area contributed by atoms with Crippen LogP contribution in [0.4, 0.5) is 4.79 Å². The summed E-state index contributed by atoms with van der Waals surface area (Å²) in [6.07, 6.45) is 5.57. The molecule has 1 aliphatic carbocycles. The maximum absolute atomic E-state index is 11.8. The lowest BCUT2D eigenvalue weighted by Gasteiger charge is -2.35. The molecule has 0 unspecified atom stereocenters. The number of carboxylic acids is 1. The van der Waals surface area contributed by atoms with Crippen LogP contribution in [0.2, 0.25) is 0 Å². The Morgan fingerprint density at radius 2 is 2.18 bits per heavy atom. The third kappa shape index (κ3) is 4.11. The summed E-state index contributed by atoms with van der Waals surface area (Å²) in [6, 6.07) is -0.773. The maximum atomic E-state index is 11.8. The highest BCUT2D eigenvalue weighted by molar-refractivity contribution is 7.98. The first kappa shape index (κ1) is 14.2. The SMILES string of the molecule is CSCC[C@@H](NC(=O)N(C)C1CCC1)C(=O)O. The Morgan fingerprint density at radius 3 is 2.59 bits per heavy atom. The maximum Gasteiger partial charge on any atom is 0.326 e. The van der Waals surface area contributed by atoms with Crippen LogP contribution in [0.5, 0.6) is 0 Å². The molecule has 0 aromatic heterocycles. The van der Waals surface area contributed by atoms with E-state index in [9.17, 15) is 9.59 Å². The van der Waals surface area contributed by atoms with E-state index in [1.807, 2.05) is 6.26 Å². The monoisotopic (exact) mass is 260 g/mol. The molecule has 0 heterocycles. The van der Waals surface area contributed by atoms with E-state index in [0.29, 0.717) is 6.42 Å². The number of aliphatic carboxylic acids is 1. The zero-order valence-corrected chi connectivity index (χ0v) is 11.1. The molecule has 0 radical (unpaired) electrons. The third-order valence-electron chi connectivity index (χ3n) is 3.15. The van der Waals surface area contributed by atoms with Crippen LogP contribution in [0.15, 0.2) is 0 Å². The van der Waals surface area contributed by atoms with Gasteiger partial charge in [0.05, 0.1) is 0 Å². The van der Waals surface area contributed by atoms with E-state index in [4.69, 9.17) is 5.11 Å². The second-order valence-electron chi connectivity index (χ2n) is 4.32. The van der Waals surface area contributed by atoms with Gasteiger partial charge in [0, 0.05) is 13.1 Å². The number of amides is 2. The molecule has 0 aromatic rings. The summed E-state index contributed by atoms with van der Waals surface area (Å²) in [4.78, 5) is 24.4. The van der Waals surface area contributed by atoms with Crippen molar-refractivity contribution in [2.24, 2.45) is 0 Å². The number of carboxylic acid groups (broad SMARTS) is 1. The predicted octanol–water partition coefficient (Wildman–Crippen LogP) is 1.39. The van der Waals surface area contributed by atoms with Crippen LogP contribution in [-0.2, 0) is 4.79 Å². The fourth-order valence-corrected chi connectivity index (χ4v) is 2.16. The fraction of sp³-hybridized carbons (Fsp3) is 0.818. The molecule has 2 amide bonds. The molecule has 0 aliphatic heterocycles. The van der Waals surface area contributed by atoms with Crippen LogP contribution in [0.25, 0.3) is 0 Å². The molecule has 1 aliphatic rings. The van der Waals surface area contributed by atoms with E-state index in [2.05, 4.69) is 5.32 Å². The van der Waals surface area contributed by atoms with Crippen LogP contribution in [-0.4, -0.2) is 53.1 Å². The Bertz CT molecular complexity index is 282. The van der Waals surface area contributed by atoms with Crippen molar-refractivity contribution in [3.05, 3.63) is 0 Å². The molecule has 0 bridgehead atoms. The van der Waals surface area contributed by atoms with Crippen molar-refractivity contribution in [3.8, 4) is 0 Å². The van der Waals surface area contributed by atoms with Gasteiger partial charge in [0.1, 0.15) is 6.04 Å². The van der Waals surface area contributed by atoms with E-state index >= 15 is 0 Å². The van der Waals surface area contributed by atoms with Gasteiger partial charge in [-0.1, -0.05) is 0 Å². The summed E-state index contributed by atoms with van der Waals surface area (Å²) in [7, 11) is 1.73. The van der Waals surface area contributed by atoms with Gasteiger partial charge in [-0.2, -0.15) is 11.8 Å². The second-order valence-corrected chi connectivity index (χ2v) is 5.30. The lowest BCUT2D eigenvalue weighted by molar-refractivity contribution is -0.139. The molecule has 0 aromatic carbocycles. The van der Waals surface area contributed by atoms with Crippen LogP contribution in [0.3, 0.4) is 0 Å². The topological polar surface area (TPSA) is 69.6 Å². The standard InChI is InChI=1S/C11H20N2O3S/c1-13(8-4-3-5-8)11(16)12-9(10(14)15)6-7-17-2/h8-9H,3-7H2,1-2H3,(H,12,16)(H,14,15)/t9-/m1/s1. The molecule has 1 atom stereocenters. The number of thioether (sulfide) groups is 1. The van der Waals surface area contributed by atoms with E-state index < -0.39 is 12.0 Å². The summed E-state index contributed by atoms with van der Waals surface area (Å²) in [5.41, 5.74) is 0. The lowest BCUT2D eigenvalue weighted by atomic mass is 9.92. The minimum atomic E-state index is -0.964. The van der Waals surface area contributed by atoms with Gasteiger partial charge in [-0.3, -0.25) is 0 Å². The van der Waals surface area contributed by atoms with Crippen molar-refractivity contribution in [2.75, 3.05) is 19.1 Å². The Labute approximate surface area is 106 Å². The van der Waals surface area contributed by atoms with E-state index in [0.717, 1.165) is 25.0 Å². The second kappa shape index (κ2) is 6.74. The zero-order chi connectivity index (χ0) is 12.8. The number of carbonyl (C=O) groups excluding carboxylic acids is 1. The Hall–Kier alpha value is -0.910. The number of urea groups is 1. The van der Waals surface area contributed by atoms with Gasteiger partial charge in [-0.15, -0.1) is 0 Å². The number of nitrogens with zero attached hydrogens (tertiary/aromatic N) is 1. The van der Waals surface area contributed by atoms with E-state index in [1.54, 1.807) is 23.7 Å². The largest absolute Gasteiger partial charge is 0.480 e. The van der Waals surface area contributed by atoms with Gasteiger partial charge in [0.2, 0.25) is 0 Å². The molecule has 6 heteroatoms. The van der Waals surface area contributed by atoms with Crippen LogP contribution in [0, 0.1) is 0 Å². The quantitative estimate of drug-likeness (QED) is 0.757. The molecular formula is C11H20N2O3S. The summed E-state index contributed by atoms with van der Waals surface area (Å²) in [6.45, 7) is 0. The molecule has 5 nitrogen and oxygen atoms in total. The normalized spacial score (nSPS) is 17.1. The van der Waals surface area contributed by atoms with Gasteiger partial charge >= 0.3 is 12.0 Å². The van der Waals surface area contributed by atoms with E-state index in [1.165, 1.54) is 0 Å². The first-order chi connectivity index (χ1) is 8.06. The number of hydrogen-bond acceptors (Lipinski definition) is 3. The van der Waals surface area contributed by atoms with Gasteiger partial charge in [0.15, 0.2) is 0 Å². The number of carbonyl (C=O) groups is 2. The Balaban J connectivity index is 2.41. The molecule has 2 N–H and O–H groups in total. The summed E-state index contributed by atoms with van der Waals surface area (Å²) in [5, 5.41) is 11.6. The molecule has 1 rings (SSSR count). The molecule has 0 spiro atoms. The first-order valence-electron chi connectivity index (χ1n) is 5.81. The molecule has 17 heavy (non-hydrogen) atoms. The Kier molecular flexibility index (Phi) is 5.61. The minimum Gasteiger partial charge on any atom is -0.480 e. The Morgan fingerprint density at radius 1 is 1.53 bits per heavy atom. The molecule has 1 fully saturated rings. The molecule has 1 saturated carbocycles. The summed E-state index contributed by atoms with van der Waals surface area (Å²) < 4.78 is 0.